The first-order valence-corrected chi connectivity index (χ1v) is 7.22. The molecule has 0 saturated carbocycles. The summed E-state index contributed by atoms with van der Waals surface area (Å²) in [6, 6.07) is 5.71. The molecule has 120 valence electrons. The summed E-state index contributed by atoms with van der Waals surface area (Å²) in [5, 5.41) is 2.58. The van der Waals surface area contributed by atoms with Crippen LogP contribution in [-0.4, -0.2) is 67.4 Å². The third-order valence-corrected chi connectivity index (χ3v) is 3.01. The maximum atomic E-state index is 11.9. The van der Waals surface area contributed by atoms with Gasteiger partial charge >= 0.3 is 0 Å². The number of hydrogen-bond donors (Lipinski definition) is 1. The van der Waals surface area contributed by atoms with E-state index in [2.05, 4.69) is 10.3 Å². The maximum Gasteiger partial charge on any atom is 0.244 e. The van der Waals surface area contributed by atoms with Crippen LogP contribution in [0.25, 0.3) is 0 Å². The minimum absolute atomic E-state index is 0.00383. The van der Waals surface area contributed by atoms with Gasteiger partial charge in [0.25, 0.3) is 0 Å². The highest BCUT2D eigenvalue weighted by molar-refractivity contribution is 5.91. The van der Waals surface area contributed by atoms with Crippen LogP contribution in [0.15, 0.2) is 36.5 Å². The SMILES string of the molecule is CN(C)C/C=C/C(=O)NCC(=O)N(C)CCc1ccccn1. The molecule has 0 bridgehead atoms. The smallest absolute Gasteiger partial charge is 0.244 e. The zero-order valence-electron chi connectivity index (χ0n) is 13.5. The Morgan fingerprint density at radius 2 is 2.05 bits per heavy atom. The summed E-state index contributed by atoms with van der Waals surface area (Å²) in [5.41, 5.74) is 0.942. The Balaban J connectivity index is 2.26. The van der Waals surface area contributed by atoms with Gasteiger partial charge in [-0.1, -0.05) is 12.1 Å². The quantitative estimate of drug-likeness (QED) is 0.702. The number of aromatic nitrogens is 1. The number of pyridine rings is 1. The third kappa shape index (κ3) is 7.54. The lowest BCUT2D eigenvalue weighted by atomic mass is 10.2. The van der Waals surface area contributed by atoms with Crippen molar-refractivity contribution in [3.63, 3.8) is 0 Å². The molecule has 1 aromatic rings. The van der Waals surface area contributed by atoms with E-state index in [0.717, 1.165) is 5.69 Å². The highest BCUT2D eigenvalue weighted by Gasteiger charge is 2.09. The minimum Gasteiger partial charge on any atom is -0.344 e. The number of carbonyl (C=O) groups is 2. The summed E-state index contributed by atoms with van der Waals surface area (Å²) < 4.78 is 0. The Hall–Kier alpha value is -2.21. The van der Waals surface area contributed by atoms with Crippen molar-refractivity contribution >= 4 is 11.8 Å². The third-order valence-electron chi connectivity index (χ3n) is 3.01. The van der Waals surface area contributed by atoms with Gasteiger partial charge < -0.3 is 15.1 Å². The molecule has 0 saturated heterocycles. The van der Waals surface area contributed by atoms with Crippen LogP contribution in [0.2, 0.25) is 0 Å². The summed E-state index contributed by atoms with van der Waals surface area (Å²) >= 11 is 0. The molecular formula is C16H24N4O2. The predicted molar refractivity (Wildman–Crippen MR) is 86.3 cm³/mol. The average Bonchev–Trinajstić information content (AvgIpc) is 2.50. The van der Waals surface area contributed by atoms with Gasteiger partial charge in [0.05, 0.1) is 6.54 Å². The van der Waals surface area contributed by atoms with Crippen molar-refractivity contribution in [2.24, 2.45) is 0 Å². The number of carbonyl (C=O) groups excluding carboxylic acids is 2. The molecule has 0 spiro atoms. The predicted octanol–water partition coefficient (Wildman–Crippen LogP) is 0.317. The van der Waals surface area contributed by atoms with Crippen LogP contribution in [0, 0.1) is 0 Å². The van der Waals surface area contributed by atoms with Gasteiger partial charge in [-0.2, -0.15) is 0 Å². The number of rotatable bonds is 8. The fourth-order valence-corrected chi connectivity index (χ4v) is 1.68. The first-order chi connectivity index (χ1) is 10.5. The fourth-order valence-electron chi connectivity index (χ4n) is 1.68. The van der Waals surface area contributed by atoms with Crippen molar-refractivity contribution in [3.8, 4) is 0 Å². The molecule has 1 aromatic heterocycles. The van der Waals surface area contributed by atoms with Crippen LogP contribution in [0.4, 0.5) is 0 Å². The van der Waals surface area contributed by atoms with Crippen molar-refractivity contribution < 1.29 is 9.59 Å². The molecule has 0 radical (unpaired) electrons. The number of nitrogens with zero attached hydrogens (tertiary/aromatic N) is 3. The van der Waals surface area contributed by atoms with E-state index in [0.29, 0.717) is 19.5 Å². The summed E-state index contributed by atoms with van der Waals surface area (Å²) in [5.74, 6) is -0.376. The van der Waals surface area contributed by atoms with Crippen molar-refractivity contribution in [3.05, 3.63) is 42.2 Å². The van der Waals surface area contributed by atoms with E-state index in [-0.39, 0.29) is 18.4 Å². The second-order valence-electron chi connectivity index (χ2n) is 5.27. The van der Waals surface area contributed by atoms with E-state index >= 15 is 0 Å². The molecule has 6 nitrogen and oxygen atoms in total. The van der Waals surface area contributed by atoms with Crippen LogP contribution in [-0.2, 0) is 16.0 Å². The standard InChI is InChI=1S/C16H24N4O2/c1-19(2)11-6-8-15(21)18-13-16(22)20(3)12-9-14-7-4-5-10-17-14/h4-8,10H,9,11-13H2,1-3H3,(H,18,21)/b8-6+. The van der Waals surface area contributed by atoms with Crippen molar-refractivity contribution in [2.45, 2.75) is 6.42 Å². The first kappa shape index (κ1) is 17.8. The van der Waals surface area contributed by atoms with Crippen LogP contribution in [0.3, 0.4) is 0 Å². The van der Waals surface area contributed by atoms with Gasteiger partial charge in [0.15, 0.2) is 0 Å². The molecule has 22 heavy (non-hydrogen) atoms. The van der Waals surface area contributed by atoms with Gasteiger partial charge in [-0.3, -0.25) is 14.6 Å². The summed E-state index contributed by atoms with van der Waals surface area (Å²) in [7, 11) is 5.56. The molecule has 0 aliphatic heterocycles. The maximum absolute atomic E-state index is 11.9. The van der Waals surface area contributed by atoms with Crippen molar-refractivity contribution in [1.29, 1.82) is 0 Å². The monoisotopic (exact) mass is 304 g/mol. The molecule has 0 aliphatic carbocycles. The Bertz CT molecular complexity index is 500. The molecule has 1 rings (SSSR count). The van der Waals surface area contributed by atoms with Crippen LogP contribution < -0.4 is 5.32 Å². The Morgan fingerprint density at radius 3 is 2.68 bits per heavy atom. The highest BCUT2D eigenvalue weighted by atomic mass is 16.2. The molecule has 0 fully saturated rings. The lowest BCUT2D eigenvalue weighted by Crippen LogP contribution is -2.38. The molecule has 0 aliphatic rings. The largest absolute Gasteiger partial charge is 0.344 e. The van der Waals surface area contributed by atoms with Crippen LogP contribution in [0.5, 0.6) is 0 Å². The highest BCUT2D eigenvalue weighted by Crippen LogP contribution is 1.96. The number of amides is 2. The van der Waals surface area contributed by atoms with Gasteiger partial charge in [-0.15, -0.1) is 0 Å². The van der Waals surface area contributed by atoms with Crippen LogP contribution in [0.1, 0.15) is 5.69 Å². The van der Waals surface area contributed by atoms with E-state index < -0.39 is 0 Å². The van der Waals surface area contributed by atoms with Gasteiger partial charge in [0.1, 0.15) is 0 Å². The van der Waals surface area contributed by atoms with Crippen LogP contribution >= 0.6 is 0 Å². The van der Waals surface area contributed by atoms with Gasteiger partial charge in [-0.25, -0.2) is 0 Å². The summed E-state index contributed by atoms with van der Waals surface area (Å²) in [6.07, 6.45) is 5.63. The zero-order valence-corrected chi connectivity index (χ0v) is 13.5. The lowest BCUT2D eigenvalue weighted by molar-refractivity contribution is -0.130. The van der Waals surface area contributed by atoms with E-state index in [4.69, 9.17) is 0 Å². The van der Waals surface area contributed by atoms with Crippen molar-refractivity contribution in [2.75, 3.05) is 40.8 Å². The normalized spacial score (nSPS) is 10.9. The van der Waals surface area contributed by atoms with Gasteiger partial charge in [-0.05, 0) is 26.2 Å². The number of likely N-dealkylation sites (N-methyl/N-ethyl adjacent to an activating group) is 2. The second-order valence-corrected chi connectivity index (χ2v) is 5.27. The number of nitrogens with one attached hydrogen (secondary N) is 1. The van der Waals surface area contributed by atoms with Crippen molar-refractivity contribution in [1.82, 2.24) is 20.1 Å². The molecule has 1 N–H and O–H groups in total. The Morgan fingerprint density at radius 1 is 1.27 bits per heavy atom. The molecule has 0 unspecified atom stereocenters. The van der Waals surface area contributed by atoms with Gasteiger partial charge in [0, 0.05) is 44.5 Å². The Labute approximate surface area is 131 Å². The number of hydrogen-bond acceptors (Lipinski definition) is 4. The van der Waals surface area contributed by atoms with Gasteiger partial charge in [0.2, 0.25) is 11.8 Å². The molecule has 2 amide bonds. The summed E-state index contributed by atoms with van der Waals surface area (Å²) in [4.78, 5) is 31.2. The Kier molecular flexibility index (Phi) is 7.85. The molecule has 6 heteroatoms. The van der Waals surface area contributed by atoms with E-state index in [1.165, 1.54) is 6.08 Å². The van der Waals surface area contributed by atoms with E-state index in [1.807, 2.05) is 37.2 Å². The fraction of sp³-hybridized carbons (Fsp3) is 0.438. The van der Waals surface area contributed by atoms with E-state index in [1.54, 1.807) is 24.2 Å². The zero-order chi connectivity index (χ0) is 16.4. The minimum atomic E-state index is -0.256. The second kappa shape index (κ2) is 9.68. The molecule has 1 heterocycles. The summed E-state index contributed by atoms with van der Waals surface area (Å²) in [6.45, 7) is 1.26. The average molecular weight is 304 g/mol. The topological polar surface area (TPSA) is 65.5 Å². The van der Waals surface area contributed by atoms with E-state index in [9.17, 15) is 9.59 Å². The first-order valence-electron chi connectivity index (χ1n) is 7.22. The molecular weight excluding hydrogens is 280 g/mol. The molecule has 0 aromatic carbocycles. The molecule has 0 atom stereocenters. The lowest BCUT2D eigenvalue weighted by Gasteiger charge is -2.17.